The number of hydrogen-bond acceptors (Lipinski definition) is 2. The second-order valence-corrected chi connectivity index (χ2v) is 7.59. The van der Waals surface area contributed by atoms with Gasteiger partial charge in [0.05, 0.1) is 0 Å². The molecule has 0 aromatic rings. The Kier molecular flexibility index (Phi) is 10.9. The van der Waals surface area contributed by atoms with Gasteiger partial charge in [0, 0.05) is 45.7 Å². The smallest absolute Gasteiger partial charge is 0.222 e. The molecule has 0 aliphatic carbocycles. The summed E-state index contributed by atoms with van der Waals surface area (Å²) in [6.45, 7) is 10.9. The van der Waals surface area contributed by atoms with E-state index in [2.05, 4.69) is 40.9 Å². The number of hydrogen-bond donors (Lipinski definition) is 1. The molecular formula is C20H39IN4O. The number of carbonyl (C=O) groups excluding carboxylic acids is 1. The minimum absolute atomic E-state index is 0. The van der Waals surface area contributed by atoms with Gasteiger partial charge in [-0.05, 0) is 37.5 Å². The number of nitrogens with one attached hydrogen (secondary N) is 1. The number of aliphatic imine (C=N–C) groups is 1. The number of carbonyl (C=O) groups is 1. The predicted molar refractivity (Wildman–Crippen MR) is 120 cm³/mol. The third-order valence-corrected chi connectivity index (χ3v) is 6.23. The zero-order chi connectivity index (χ0) is 18.2. The van der Waals surface area contributed by atoms with Crippen LogP contribution in [0.4, 0.5) is 0 Å². The second-order valence-electron chi connectivity index (χ2n) is 7.59. The van der Waals surface area contributed by atoms with E-state index in [0.29, 0.717) is 11.9 Å². The molecule has 0 radical (unpaired) electrons. The Labute approximate surface area is 177 Å². The maximum atomic E-state index is 12.0. The predicted octanol–water partition coefficient (Wildman–Crippen LogP) is 3.73. The van der Waals surface area contributed by atoms with Crippen LogP contribution in [0.1, 0.15) is 65.7 Å². The van der Waals surface area contributed by atoms with Crippen molar-refractivity contribution >= 4 is 35.8 Å². The van der Waals surface area contributed by atoms with Crippen LogP contribution in [-0.4, -0.2) is 60.9 Å². The second kappa shape index (κ2) is 12.0. The van der Waals surface area contributed by atoms with E-state index < -0.39 is 0 Å². The molecule has 2 aliphatic rings. The fourth-order valence-electron chi connectivity index (χ4n) is 4.64. The van der Waals surface area contributed by atoms with Crippen LogP contribution in [-0.2, 0) is 4.79 Å². The van der Waals surface area contributed by atoms with Crippen molar-refractivity contribution < 1.29 is 4.79 Å². The molecule has 5 nitrogen and oxygen atoms in total. The minimum atomic E-state index is 0. The maximum absolute atomic E-state index is 12.0. The molecule has 2 fully saturated rings. The number of amides is 1. The van der Waals surface area contributed by atoms with Gasteiger partial charge < -0.3 is 15.1 Å². The molecule has 2 atom stereocenters. The monoisotopic (exact) mass is 478 g/mol. The zero-order valence-electron chi connectivity index (χ0n) is 17.2. The molecule has 1 N–H and O–H groups in total. The topological polar surface area (TPSA) is 47.9 Å². The Morgan fingerprint density at radius 3 is 2.50 bits per heavy atom. The van der Waals surface area contributed by atoms with Crippen LogP contribution in [0, 0.1) is 11.8 Å². The number of halogens is 1. The normalized spacial score (nSPS) is 22.1. The van der Waals surface area contributed by atoms with E-state index in [0.717, 1.165) is 69.7 Å². The van der Waals surface area contributed by atoms with Crippen LogP contribution < -0.4 is 5.32 Å². The van der Waals surface area contributed by atoms with Crippen molar-refractivity contribution in [1.82, 2.24) is 15.1 Å². The van der Waals surface area contributed by atoms with Crippen LogP contribution in [0.5, 0.6) is 0 Å². The van der Waals surface area contributed by atoms with Crippen molar-refractivity contribution in [2.24, 2.45) is 16.8 Å². The van der Waals surface area contributed by atoms with Crippen molar-refractivity contribution in [3.8, 4) is 0 Å². The highest BCUT2D eigenvalue weighted by Gasteiger charge is 2.30. The van der Waals surface area contributed by atoms with E-state index in [4.69, 9.17) is 0 Å². The van der Waals surface area contributed by atoms with Gasteiger partial charge in [-0.1, -0.05) is 33.6 Å². The van der Waals surface area contributed by atoms with Crippen LogP contribution in [0.15, 0.2) is 4.99 Å². The molecule has 0 bridgehead atoms. The van der Waals surface area contributed by atoms with E-state index in [1.54, 1.807) is 0 Å². The van der Waals surface area contributed by atoms with Crippen molar-refractivity contribution in [2.75, 3.05) is 33.2 Å². The van der Waals surface area contributed by atoms with E-state index in [1.807, 2.05) is 7.05 Å². The summed E-state index contributed by atoms with van der Waals surface area (Å²) in [5.74, 6) is 3.02. The molecule has 2 rings (SSSR count). The molecule has 2 heterocycles. The van der Waals surface area contributed by atoms with Crippen LogP contribution in [0.3, 0.4) is 0 Å². The quantitative estimate of drug-likeness (QED) is 0.329. The molecule has 152 valence electrons. The molecule has 0 aromatic carbocycles. The summed E-state index contributed by atoms with van der Waals surface area (Å²) in [6, 6.07) is 0.372. The molecule has 0 aromatic heterocycles. The summed E-state index contributed by atoms with van der Waals surface area (Å²) >= 11 is 0. The highest BCUT2D eigenvalue weighted by Crippen LogP contribution is 2.28. The Morgan fingerprint density at radius 2 is 1.96 bits per heavy atom. The SMILES string of the molecule is CCC(CC)C1CCN(C(=NC)NCCC(CC)N2CCCC2=O)C1.I. The lowest BCUT2D eigenvalue weighted by Gasteiger charge is -2.28. The van der Waals surface area contributed by atoms with Gasteiger partial charge in [0.2, 0.25) is 5.91 Å². The van der Waals surface area contributed by atoms with Crippen molar-refractivity contribution in [3.63, 3.8) is 0 Å². The molecule has 26 heavy (non-hydrogen) atoms. The highest BCUT2D eigenvalue weighted by atomic mass is 127. The molecule has 2 aliphatic heterocycles. The van der Waals surface area contributed by atoms with Crippen molar-refractivity contribution in [2.45, 2.75) is 71.8 Å². The summed E-state index contributed by atoms with van der Waals surface area (Å²) < 4.78 is 0. The summed E-state index contributed by atoms with van der Waals surface area (Å²) in [6.07, 6.45) is 7.64. The van der Waals surface area contributed by atoms with Crippen LogP contribution >= 0.6 is 24.0 Å². The third kappa shape index (κ3) is 5.99. The van der Waals surface area contributed by atoms with Gasteiger partial charge >= 0.3 is 0 Å². The van der Waals surface area contributed by atoms with E-state index in [9.17, 15) is 4.79 Å². The first kappa shape index (κ1) is 23.5. The fraction of sp³-hybridized carbons (Fsp3) is 0.900. The number of likely N-dealkylation sites (tertiary alicyclic amines) is 2. The zero-order valence-corrected chi connectivity index (χ0v) is 19.5. The van der Waals surface area contributed by atoms with E-state index >= 15 is 0 Å². The van der Waals surface area contributed by atoms with Gasteiger partial charge in [0.15, 0.2) is 5.96 Å². The molecule has 1 amide bonds. The van der Waals surface area contributed by atoms with Gasteiger partial charge in [-0.15, -0.1) is 24.0 Å². The number of guanidine groups is 1. The van der Waals surface area contributed by atoms with Crippen LogP contribution in [0.2, 0.25) is 0 Å². The first-order chi connectivity index (χ1) is 12.1. The number of rotatable bonds is 8. The summed E-state index contributed by atoms with van der Waals surface area (Å²) in [7, 11) is 1.88. The Balaban J connectivity index is 0.00000338. The average molecular weight is 478 g/mol. The van der Waals surface area contributed by atoms with Gasteiger partial charge in [-0.25, -0.2) is 0 Å². The maximum Gasteiger partial charge on any atom is 0.222 e. The lowest BCUT2D eigenvalue weighted by Crippen LogP contribution is -2.43. The van der Waals surface area contributed by atoms with Gasteiger partial charge in [-0.3, -0.25) is 9.79 Å². The van der Waals surface area contributed by atoms with E-state index in [1.165, 1.54) is 19.3 Å². The molecule has 6 heteroatoms. The van der Waals surface area contributed by atoms with E-state index in [-0.39, 0.29) is 24.0 Å². The molecule has 2 unspecified atom stereocenters. The van der Waals surface area contributed by atoms with Gasteiger partial charge in [-0.2, -0.15) is 0 Å². The standard InChI is InChI=1S/C20H38N4O.HI/c1-5-16(6-2)17-11-14-23(15-17)20(21-4)22-12-10-18(7-3)24-13-8-9-19(24)25;/h16-18H,5-15H2,1-4H3,(H,21,22);1H. The first-order valence-corrected chi connectivity index (χ1v) is 10.4. The Hall–Kier alpha value is -0.530. The van der Waals surface area contributed by atoms with Gasteiger partial charge in [0.25, 0.3) is 0 Å². The molecule has 0 spiro atoms. The first-order valence-electron chi connectivity index (χ1n) is 10.4. The molecule has 2 saturated heterocycles. The largest absolute Gasteiger partial charge is 0.356 e. The highest BCUT2D eigenvalue weighted by molar-refractivity contribution is 14.0. The average Bonchev–Trinajstić information content (AvgIpc) is 3.26. The molecule has 0 saturated carbocycles. The van der Waals surface area contributed by atoms with Crippen molar-refractivity contribution in [3.05, 3.63) is 0 Å². The molecular weight excluding hydrogens is 439 g/mol. The minimum Gasteiger partial charge on any atom is -0.356 e. The van der Waals surface area contributed by atoms with Gasteiger partial charge in [0.1, 0.15) is 0 Å². The fourth-order valence-corrected chi connectivity index (χ4v) is 4.64. The summed E-state index contributed by atoms with van der Waals surface area (Å²) in [5, 5.41) is 3.55. The lowest BCUT2D eigenvalue weighted by molar-refractivity contribution is -0.129. The summed E-state index contributed by atoms with van der Waals surface area (Å²) in [5.41, 5.74) is 0. The lowest BCUT2D eigenvalue weighted by atomic mass is 9.87. The Bertz CT molecular complexity index is 453. The van der Waals surface area contributed by atoms with Crippen molar-refractivity contribution in [1.29, 1.82) is 0 Å². The van der Waals surface area contributed by atoms with Crippen LogP contribution in [0.25, 0.3) is 0 Å². The Morgan fingerprint density at radius 1 is 1.23 bits per heavy atom. The third-order valence-electron chi connectivity index (χ3n) is 6.23. The number of nitrogens with zero attached hydrogens (tertiary/aromatic N) is 3. The summed E-state index contributed by atoms with van der Waals surface area (Å²) in [4.78, 5) is 21.0.